The maximum atomic E-state index is 11.8. The predicted molar refractivity (Wildman–Crippen MR) is 76.4 cm³/mol. The molecular formula is C13H26ClNO4. The van der Waals surface area contributed by atoms with Gasteiger partial charge in [0.15, 0.2) is 0 Å². The maximum absolute atomic E-state index is 11.8. The Labute approximate surface area is 121 Å². The molecule has 0 bridgehead atoms. The van der Waals surface area contributed by atoms with Crippen LogP contribution in [0.4, 0.5) is 0 Å². The number of halogens is 1. The van der Waals surface area contributed by atoms with Gasteiger partial charge >= 0.3 is 11.9 Å². The van der Waals surface area contributed by atoms with Gasteiger partial charge in [0, 0.05) is 0 Å². The molecule has 6 heteroatoms. The molecular weight excluding hydrogens is 270 g/mol. The van der Waals surface area contributed by atoms with Crippen molar-refractivity contribution < 1.29 is 19.1 Å². The highest BCUT2D eigenvalue weighted by Gasteiger charge is 2.28. The third kappa shape index (κ3) is 10.8. The molecule has 1 N–H and O–H groups in total. The van der Waals surface area contributed by atoms with Gasteiger partial charge in [0.25, 0.3) is 0 Å². The largest absolute Gasteiger partial charge is 0.460 e. The van der Waals surface area contributed by atoms with E-state index in [0.29, 0.717) is 0 Å². The Kier molecular flexibility index (Phi) is 8.31. The van der Waals surface area contributed by atoms with Crippen LogP contribution in [0.15, 0.2) is 0 Å². The van der Waals surface area contributed by atoms with Crippen LogP contribution in [-0.4, -0.2) is 36.2 Å². The number of esters is 2. The molecule has 19 heavy (non-hydrogen) atoms. The van der Waals surface area contributed by atoms with Gasteiger partial charge < -0.3 is 14.8 Å². The number of hydrogen-bond donors (Lipinski definition) is 1. The molecule has 0 aliphatic carbocycles. The van der Waals surface area contributed by atoms with Crippen molar-refractivity contribution in [2.24, 2.45) is 0 Å². The Morgan fingerprint density at radius 3 is 1.74 bits per heavy atom. The van der Waals surface area contributed by atoms with Gasteiger partial charge in [-0.15, -0.1) is 12.4 Å². The van der Waals surface area contributed by atoms with Crippen molar-refractivity contribution in [2.75, 3.05) is 7.05 Å². The van der Waals surface area contributed by atoms with E-state index in [0.717, 1.165) is 0 Å². The van der Waals surface area contributed by atoms with Gasteiger partial charge in [0.1, 0.15) is 17.2 Å². The van der Waals surface area contributed by atoms with Crippen LogP contribution >= 0.6 is 12.4 Å². The fraction of sp³-hybridized carbons (Fsp3) is 0.846. The summed E-state index contributed by atoms with van der Waals surface area (Å²) in [6.45, 7) is 10.7. The number of rotatable bonds is 4. The lowest BCUT2D eigenvalue weighted by atomic mass is 10.1. The minimum Gasteiger partial charge on any atom is -0.460 e. The molecule has 0 rings (SSSR count). The zero-order chi connectivity index (χ0) is 14.6. The van der Waals surface area contributed by atoms with E-state index in [1.807, 2.05) is 0 Å². The predicted octanol–water partition coefficient (Wildman–Crippen LogP) is 2.07. The average molecular weight is 296 g/mol. The van der Waals surface area contributed by atoms with Crippen LogP contribution in [0.5, 0.6) is 0 Å². The number of carbonyl (C=O) groups is 2. The molecule has 0 saturated carbocycles. The summed E-state index contributed by atoms with van der Waals surface area (Å²) >= 11 is 0. The zero-order valence-electron chi connectivity index (χ0n) is 12.8. The Morgan fingerprint density at radius 2 is 1.42 bits per heavy atom. The summed E-state index contributed by atoms with van der Waals surface area (Å²) in [6, 6.07) is -0.681. The number of hydrogen-bond acceptors (Lipinski definition) is 5. The smallest absolute Gasteiger partial charge is 0.324 e. The molecule has 0 unspecified atom stereocenters. The third-order valence-electron chi connectivity index (χ3n) is 1.83. The summed E-state index contributed by atoms with van der Waals surface area (Å²) < 4.78 is 10.4. The highest BCUT2D eigenvalue weighted by atomic mass is 35.5. The highest BCUT2D eigenvalue weighted by Crippen LogP contribution is 2.12. The number of carbonyl (C=O) groups excluding carboxylic acids is 2. The minimum absolute atomic E-state index is 0. The van der Waals surface area contributed by atoms with E-state index in [9.17, 15) is 9.59 Å². The van der Waals surface area contributed by atoms with E-state index in [1.165, 1.54) is 0 Å². The lowest BCUT2D eigenvalue weighted by Gasteiger charge is -2.25. The van der Waals surface area contributed by atoms with E-state index in [4.69, 9.17) is 9.47 Å². The fourth-order valence-electron chi connectivity index (χ4n) is 1.23. The molecule has 0 radical (unpaired) electrons. The third-order valence-corrected chi connectivity index (χ3v) is 1.83. The normalized spacial score (nSPS) is 13.2. The molecule has 0 aromatic heterocycles. The van der Waals surface area contributed by atoms with Crippen LogP contribution in [0.25, 0.3) is 0 Å². The van der Waals surface area contributed by atoms with Crippen molar-refractivity contribution in [3.8, 4) is 0 Å². The van der Waals surface area contributed by atoms with E-state index in [2.05, 4.69) is 5.32 Å². The second kappa shape index (κ2) is 7.70. The molecule has 114 valence electrons. The summed E-state index contributed by atoms with van der Waals surface area (Å²) in [5.74, 6) is -0.872. The Bertz CT molecular complexity index is 305. The van der Waals surface area contributed by atoms with E-state index in [1.54, 1.807) is 48.6 Å². The van der Waals surface area contributed by atoms with Crippen molar-refractivity contribution in [1.29, 1.82) is 0 Å². The Balaban J connectivity index is 0. The van der Waals surface area contributed by atoms with Gasteiger partial charge in [-0.2, -0.15) is 0 Å². The van der Waals surface area contributed by atoms with Crippen molar-refractivity contribution in [2.45, 2.75) is 65.2 Å². The molecule has 0 aromatic carbocycles. The van der Waals surface area contributed by atoms with Crippen molar-refractivity contribution in [3.63, 3.8) is 0 Å². The molecule has 0 spiro atoms. The monoisotopic (exact) mass is 295 g/mol. The van der Waals surface area contributed by atoms with Gasteiger partial charge in [0.2, 0.25) is 0 Å². The van der Waals surface area contributed by atoms with Gasteiger partial charge in [-0.1, -0.05) is 0 Å². The maximum Gasteiger partial charge on any atom is 0.324 e. The van der Waals surface area contributed by atoms with Crippen molar-refractivity contribution in [1.82, 2.24) is 5.32 Å². The Morgan fingerprint density at radius 1 is 1.00 bits per heavy atom. The van der Waals surface area contributed by atoms with Crippen LogP contribution in [0.3, 0.4) is 0 Å². The van der Waals surface area contributed by atoms with Gasteiger partial charge in [0.05, 0.1) is 6.42 Å². The first-order valence-corrected chi connectivity index (χ1v) is 6.06. The molecule has 0 aliphatic heterocycles. The van der Waals surface area contributed by atoms with Crippen LogP contribution in [0, 0.1) is 0 Å². The van der Waals surface area contributed by atoms with E-state index in [-0.39, 0.29) is 18.8 Å². The molecule has 1 atom stereocenters. The lowest BCUT2D eigenvalue weighted by molar-refractivity contribution is -0.164. The minimum atomic E-state index is -0.681. The quantitative estimate of drug-likeness (QED) is 0.804. The summed E-state index contributed by atoms with van der Waals surface area (Å²) in [4.78, 5) is 23.4. The number of likely N-dealkylation sites (N-methyl/N-ethyl adjacent to an activating group) is 1. The number of nitrogens with one attached hydrogen (secondary N) is 1. The van der Waals surface area contributed by atoms with Crippen molar-refractivity contribution >= 4 is 24.3 Å². The first kappa shape index (κ1) is 20.5. The average Bonchev–Trinajstić information content (AvgIpc) is 2.07. The van der Waals surface area contributed by atoms with Crippen LogP contribution in [0.1, 0.15) is 48.0 Å². The highest BCUT2D eigenvalue weighted by molar-refractivity contribution is 5.85. The van der Waals surface area contributed by atoms with Crippen LogP contribution in [-0.2, 0) is 19.1 Å². The molecule has 0 aromatic rings. The second-order valence-electron chi connectivity index (χ2n) is 6.17. The topological polar surface area (TPSA) is 64.6 Å². The summed E-state index contributed by atoms with van der Waals surface area (Å²) in [5.41, 5.74) is -1.12. The summed E-state index contributed by atoms with van der Waals surface area (Å²) in [6.07, 6.45) is -0.0390. The molecule has 5 nitrogen and oxygen atoms in total. The van der Waals surface area contributed by atoms with Gasteiger partial charge in [-0.3, -0.25) is 9.59 Å². The fourth-order valence-corrected chi connectivity index (χ4v) is 1.23. The van der Waals surface area contributed by atoms with Crippen LogP contribution in [0.2, 0.25) is 0 Å². The summed E-state index contributed by atoms with van der Waals surface area (Å²) in [5, 5.41) is 2.77. The second-order valence-corrected chi connectivity index (χ2v) is 6.17. The molecule has 0 fully saturated rings. The standard InChI is InChI=1S/C13H25NO4.ClH/c1-12(2,3)17-10(15)8-9(14-7)11(16)18-13(4,5)6;/h9,14H,8H2,1-7H3;1H/t9-;/m0./s1. The molecule has 0 heterocycles. The lowest BCUT2D eigenvalue weighted by Crippen LogP contribution is -2.42. The summed E-state index contributed by atoms with van der Waals surface area (Å²) in [7, 11) is 1.61. The first-order valence-electron chi connectivity index (χ1n) is 6.06. The molecule has 0 saturated heterocycles. The first-order chi connectivity index (χ1) is 7.94. The zero-order valence-corrected chi connectivity index (χ0v) is 13.6. The van der Waals surface area contributed by atoms with E-state index < -0.39 is 29.2 Å². The Hall–Kier alpha value is -0.810. The van der Waals surface area contributed by atoms with Crippen molar-refractivity contribution in [3.05, 3.63) is 0 Å². The molecule has 0 amide bonds. The SMILES string of the molecule is CN[C@@H](CC(=O)OC(C)(C)C)C(=O)OC(C)(C)C.Cl. The van der Waals surface area contributed by atoms with Gasteiger partial charge in [-0.25, -0.2) is 0 Å². The number of ether oxygens (including phenoxy) is 2. The molecule has 0 aliphatic rings. The van der Waals surface area contributed by atoms with Gasteiger partial charge in [-0.05, 0) is 48.6 Å². The van der Waals surface area contributed by atoms with E-state index >= 15 is 0 Å². The van der Waals surface area contributed by atoms with Crippen LogP contribution < -0.4 is 5.32 Å².